The SMILES string of the molecule is NCCCC1CCCN1C(=O)C1CCCCO1. The number of rotatable bonds is 4. The van der Waals surface area contributed by atoms with Crippen molar-refractivity contribution in [1.82, 2.24) is 4.90 Å². The maximum Gasteiger partial charge on any atom is 0.251 e. The zero-order valence-electron chi connectivity index (χ0n) is 10.6. The zero-order chi connectivity index (χ0) is 12.1. The summed E-state index contributed by atoms with van der Waals surface area (Å²) in [6.45, 7) is 2.38. The van der Waals surface area contributed by atoms with Gasteiger partial charge in [-0.15, -0.1) is 0 Å². The number of likely N-dealkylation sites (tertiary alicyclic amines) is 1. The van der Waals surface area contributed by atoms with Gasteiger partial charge < -0.3 is 15.4 Å². The summed E-state index contributed by atoms with van der Waals surface area (Å²) in [5.41, 5.74) is 5.54. The summed E-state index contributed by atoms with van der Waals surface area (Å²) in [6, 6.07) is 0.413. The summed E-state index contributed by atoms with van der Waals surface area (Å²) < 4.78 is 5.59. The van der Waals surface area contributed by atoms with Crippen molar-refractivity contribution in [2.45, 2.75) is 57.1 Å². The lowest BCUT2D eigenvalue weighted by molar-refractivity contribution is -0.147. The molecule has 0 aromatic carbocycles. The summed E-state index contributed by atoms with van der Waals surface area (Å²) in [7, 11) is 0. The molecule has 0 bridgehead atoms. The van der Waals surface area contributed by atoms with Crippen molar-refractivity contribution in [2.75, 3.05) is 19.7 Å². The zero-order valence-corrected chi connectivity index (χ0v) is 10.6. The van der Waals surface area contributed by atoms with E-state index in [9.17, 15) is 4.79 Å². The highest BCUT2D eigenvalue weighted by molar-refractivity contribution is 5.81. The average Bonchev–Trinajstić information content (AvgIpc) is 2.84. The van der Waals surface area contributed by atoms with E-state index in [2.05, 4.69) is 0 Å². The quantitative estimate of drug-likeness (QED) is 0.805. The molecule has 2 rings (SSSR count). The van der Waals surface area contributed by atoms with Gasteiger partial charge in [-0.2, -0.15) is 0 Å². The summed E-state index contributed by atoms with van der Waals surface area (Å²) in [6.07, 6.45) is 7.29. The number of nitrogens with two attached hydrogens (primary N) is 1. The lowest BCUT2D eigenvalue weighted by atomic mass is 10.1. The van der Waals surface area contributed by atoms with Crippen LogP contribution in [0.4, 0.5) is 0 Å². The Hall–Kier alpha value is -0.610. The van der Waals surface area contributed by atoms with Gasteiger partial charge in [0, 0.05) is 19.2 Å². The van der Waals surface area contributed by atoms with Crippen molar-refractivity contribution < 1.29 is 9.53 Å². The molecule has 0 aromatic heterocycles. The molecule has 2 heterocycles. The van der Waals surface area contributed by atoms with Crippen LogP contribution in [0, 0.1) is 0 Å². The molecule has 2 atom stereocenters. The Morgan fingerprint density at radius 2 is 2.18 bits per heavy atom. The maximum absolute atomic E-state index is 12.3. The molecule has 0 spiro atoms. The third-order valence-electron chi connectivity index (χ3n) is 3.86. The molecule has 17 heavy (non-hydrogen) atoms. The van der Waals surface area contributed by atoms with Crippen LogP contribution in [-0.4, -0.2) is 42.6 Å². The molecular formula is C13H24N2O2. The van der Waals surface area contributed by atoms with Crippen molar-refractivity contribution in [2.24, 2.45) is 5.73 Å². The highest BCUT2D eigenvalue weighted by atomic mass is 16.5. The number of amides is 1. The van der Waals surface area contributed by atoms with Crippen molar-refractivity contribution in [3.63, 3.8) is 0 Å². The van der Waals surface area contributed by atoms with Crippen molar-refractivity contribution in [3.05, 3.63) is 0 Å². The number of nitrogens with zero attached hydrogens (tertiary/aromatic N) is 1. The predicted octanol–water partition coefficient (Wildman–Crippen LogP) is 1.29. The summed E-state index contributed by atoms with van der Waals surface area (Å²) in [4.78, 5) is 14.4. The highest BCUT2D eigenvalue weighted by Crippen LogP contribution is 2.24. The van der Waals surface area contributed by atoms with Gasteiger partial charge in [-0.05, 0) is 51.5 Å². The predicted molar refractivity (Wildman–Crippen MR) is 66.6 cm³/mol. The summed E-state index contributed by atoms with van der Waals surface area (Å²) in [5, 5.41) is 0. The van der Waals surface area contributed by atoms with E-state index < -0.39 is 0 Å². The van der Waals surface area contributed by atoms with Crippen LogP contribution in [0.25, 0.3) is 0 Å². The van der Waals surface area contributed by atoms with E-state index >= 15 is 0 Å². The molecule has 1 amide bonds. The molecule has 0 aromatic rings. The topological polar surface area (TPSA) is 55.6 Å². The van der Waals surface area contributed by atoms with Gasteiger partial charge in [-0.1, -0.05) is 0 Å². The van der Waals surface area contributed by atoms with Gasteiger partial charge in [0.2, 0.25) is 0 Å². The Balaban J connectivity index is 1.88. The number of carbonyl (C=O) groups excluding carboxylic acids is 1. The van der Waals surface area contributed by atoms with E-state index in [-0.39, 0.29) is 12.0 Å². The molecule has 2 aliphatic heterocycles. The van der Waals surface area contributed by atoms with Crippen molar-refractivity contribution in [3.8, 4) is 0 Å². The first-order chi connectivity index (χ1) is 8.33. The molecule has 2 saturated heterocycles. The minimum atomic E-state index is -0.165. The lowest BCUT2D eigenvalue weighted by Crippen LogP contribution is -2.44. The molecule has 0 saturated carbocycles. The van der Waals surface area contributed by atoms with Crippen LogP contribution in [0.2, 0.25) is 0 Å². The van der Waals surface area contributed by atoms with Crippen molar-refractivity contribution in [1.29, 1.82) is 0 Å². The fourth-order valence-corrected chi connectivity index (χ4v) is 2.90. The Bertz CT molecular complexity index is 252. The fraction of sp³-hybridized carbons (Fsp3) is 0.923. The van der Waals surface area contributed by atoms with Crippen molar-refractivity contribution >= 4 is 5.91 Å². The number of hydrogen-bond donors (Lipinski definition) is 1. The second-order valence-electron chi connectivity index (χ2n) is 5.11. The molecule has 0 aliphatic carbocycles. The van der Waals surface area contributed by atoms with Gasteiger partial charge in [0.15, 0.2) is 0 Å². The van der Waals surface area contributed by atoms with E-state index in [0.29, 0.717) is 6.04 Å². The molecule has 2 N–H and O–H groups in total. The van der Waals surface area contributed by atoms with Crippen LogP contribution in [0.3, 0.4) is 0 Å². The van der Waals surface area contributed by atoms with Gasteiger partial charge in [-0.3, -0.25) is 4.79 Å². The first-order valence-corrected chi connectivity index (χ1v) is 6.95. The molecule has 4 heteroatoms. The number of hydrogen-bond acceptors (Lipinski definition) is 3. The highest BCUT2D eigenvalue weighted by Gasteiger charge is 2.33. The van der Waals surface area contributed by atoms with Crippen LogP contribution in [0.1, 0.15) is 44.9 Å². The van der Waals surface area contributed by atoms with Gasteiger partial charge >= 0.3 is 0 Å². The molecule has 0 radical (unpaired) electrons. The Labute approximate surface area is 103 Å². The smallest absolute Gasteiger partial charge is 0.251 e. The van der Waals surface area contributed by atoms with Crippen LogP contribution in [-0.2, 0) is 9.53 Å². The Kier molecular flexibility index (Phi) is 4.80. The Morgan fingerprint density at radius 1 is 1.29 bits per heavy atom. The van der Waals surface area contributed by atoms with E-state index in [0.717, 1.165) is 64.6 Å². The third kappa shape index (κ3) is 3.19. The molecular weight excluding hydrogens is 216 g/mol. The normalized spacial score (nSPS) is 29.6. The minimum absolute atomic E-state index is 0.165. The van der Waals surface area contributed by atoms with Gasteiger partial charge in [0.25, 0.3) is 5.91 Å². The fourth-order valence-electron chi connectivity index (χ4n) is 2.90. The van der Waals surface area contributed by atoms with E-state index in [1.807, 2.05) is 4.90 Å². The van der Waals surface area contributed by atoms with E-state index in [1.54, 1.807) is 0 Å². The molecule has 4 nitrogen and oxygen atoms in total. The summed E-state index contributed by atoms with van der Waals surface area (Å²) >= 11 is 0. The number of ether oxygens (including phenoxy) is 1. The van der Waals surface area contributed by atoms with Crippen LogP contribution < -0.4 is 5.73 Å². The first kappa shape index (κ1) is 12.8. The third-order valence-corrected chi connectivity index (χ3v) is 3.86. The largest absolute Gasteiger partial charge is 0.368 e. The van der Waals surface area contributed by atoms with Crippen LogP contribution in [0.5, 0.6) is 0 Å². The second kappa shape index (κ2) is 6.36. The van der Waals surface area contributed by atoms with E-state index in [4.69, 9.17) is 10.5 Å². The van der Waals surface area contributed by atoms with Gasteiger partial charge in [0.05, 0.1) is 0 Å². The second-order valence-corrected chi connectivity index (χ2v) is 5.11. The molecule has 2 fully saturated rings. The minimum Gasteiger partial charge on any atom is -0.368 e. The van der Waals surface area contributed by atoms with E-state index in [1.165, 1.54) is 0 Å². The lowest BCUT2D eigenvalue weighted by Gasteiger charge is -2.30. The van der Waals surface area contributed by atoms with Crippen LogP contribution >= 0.6 is 0 Å². The average molecular weight is 240 g/mol. The van der Waals surface area contributed by atoms with Crippen LogP contribution in [0.15, 0.2) is 0 Å². The maximum atomic E-state index is 12.3. The van der Waals surface area contributed by atoms with Gasteiger partial charge in [0.1, 0.15) is 6.10 Å². The summed E-state index contributed by atoms with van der Waals surface area (Å²) in [5.74, 6) is 0.226. The number of carbonyl (C=O) groups is 1. The first-order valence-electron chi connectivity index (χ1n) is 6.95. The molecule has 2 aliphatic rings. The molecule has 2 unspecified atom stereocenters. The van der Waals surface area contributed by atoms with Gasteiger partial charge in [-0.25, -0.2) is 0 Å². The Morgan fingerprint density at radius 3 is 2.88 bits per heavy atom. The standard InChI is InChI=1S/C13H24N2O2/c14-8-3-5-11-6-4-9-15(11)13(16)12-7-1-2-10-17-12/h11-12H,1-10,14H2. The monoisotopic (exact) mass is 240 g/mol. The molecule has 98 valence electrons.